The summed E-state index contributed by atoms with van der Waals surface area (Å²) in [6, 6.07) is 8.01. The van der Waals surface area contributed by atoms with E-state index in [-0.39, 0.29) is 0 Å². The molecule has 1 aliphatic rings. The van der Waals surface area contributed by atoms with Gasteiger partial charge in [0.05, 0.1) is 13.3 Å². The van der Waals surface area contributed by atoms with Crippen molar-refractivity contribution in [3.63, 3.8) is 0 Å². The lowest BCUT2D eigenvalue weighted by Gasteiger charge is -2.32. The molecule has 1 amide bonds. The van der Waals surface area contributed by atoms with Crippen molar-refractivity contribution >= 4 is 18.2 Å². The van der Waals surface area contributed by atoms with Crippen LogP contribution in [0.2, 0.25) is 0 Å². The Bertz CT molecular complexity index is 703. The fraction of sp³-hybridized carbons (Fsp3) is 0.412. The van der Waals surface area contributed by atoms with Crippen LogP contribution in [0.5, 0.6) is 5.75 Å². The molecule has 1 saturated heterocycles. The van der Waals surface area contributed by atoms with Crippen LogP contribution in [-0.2, 0) is 11.2 Å². The smallest absolute Gasteiger partial charge is 0.247 e. The lowest BCUT2D eigenvalue weighted by atomic mass is 10.1. The Balaban J connectivity index is 1.54. The molecule has 0 spiro atoms. The first-order valence-electron chi connectivity index (χ1n) is 8.29. The van der Waals surface area contributed by atoms with Crippen LogP contribution in [0.4, 0.5) is 11.8 Å². The second kappa shape index (κ2) is 8.27. The molecular formula is C17H22N6O2. The maximum atomic E-state index is 10.8. The lowest BCUT2D eigenvalue weighted by molar-refractivity contribution is -0.118. The van der Waals surface area contributed by atoms with Crippen molar-refractivity contribution in [1.29, 1.82) is 0 Å². The average Bonchev–Trinajstić information content (AvgIpc) is 2.68. The van der Waals surface area contributed by atoms with Crippen molar-refractivity contribution in [1.82, 2.24) is 20.1 Å². The molecule has 132 valence electrons. The number of hydrogen-bond acceptors (Lipinski definition) is 7. The zero-order valence-corrected chi connectivity index (χ0v) is 14.3. The first-order valence-corrected chi connectivity index (χ1v) is 8.29. The summed E-state index contributed by atoms with van der Waals surface area (Å²) in [5.74, 6) is 2.15. The van der Waals surface area contributed by atoms with E-state index >= 15 is 0 Å². The molecule has 2 aromatic rings. The molecule has 0 bridgehead atoms. The first kappa shape index (κ1) is 16.9. The Kier molecular flexibility index (Phi) is 5.61. The molecule has 1 N–H and O–H groups in total. The highest BCUT2D eigenvalue weighted by Gasteiger charge is 2.18. The number of hydrogen-bond donors (Lipinski definition) is 1. The van der Waals surface area contributed by atoms with Crippen LogP contribution in [-0.4, -0.2) is 66.3 Å². The molecule has 1 aliphatic heterocycles. The van der Waals surface area contributed by atoms with E-state index in [2.05, 4.69) is 26.6 Å². The van der Waals surface area contributed by atoms with Gasteiger partial charge in [0, 0.05) is 32.7 Å². The molecule has 25 heavy (non-hydrogen) atoms. The fourth-order valence-corrected chi connectivity index (χ4v) is 2.70. The molecule has 2 heterocycles. The normalized spacial score (nSPS) is 14.3. The number of ether oxygens (including phenoxy) is 1. The Morgan fingerprint density at radius 2 is 2.12 bits per heavy atom. The van der Waals surface area contributed by atoms with E-state index in [4.69, 9.17) is 4.74 Å². The number of carbonyl (C=O) groups is 1. The van der Waals surface area contributed by atoms with Crippen LogP contribution in [0.1, 0.15) is 5.56 Å². The molecular weight excluding hydrogens is 320 g/mol. The van der Waals surface area contributed by atoms with Crippen molar-refractivity contribution in [2.24, 2.45) is 0 Å². The van der Waals surface area contributed by atoms with Crippen LogP contribution in [0.25, 0.3) is 0 Å². The van der Waals surface area contributed by atoms with Gasteiger partial charge in [0.1, 0.15) is 5.75 Å². The van der Waals surface area contributed by atoms with E-state index in [0.717, 1.165) is 25.1 Å². The Morgan fingerprint density at radius 3 is 2.88 bits per heavy atom. The standard InChI is InChI=1S/C17H22N6O2/c1-25-15-4-2-3-14(11-15)5-6-18-16-12-19-21-17(20-16)23-9-7-22(13-24)8-10-23/h2-4,11-13H,5-10H2,1H3,(H,18,20,21). The van der Waals surface area contributed by atoms with Gasteiger partial charge in [-0.2, -0.15) is 10.1 Å². The zero-order valence-electron chi connectivity index (χ0n) is 14.3. The van der Waals surface area contributed by atoms with E-state index in [1.807, 2.05) is 23.1 Å². The van der Waals surface area contributed by atoms with Gasteiger partial charge >= 0.3 is 0 Å². The van der Waals surface area contributed by atoms with Crippen LogP contribution in [0, 0.1) is 0 Å². The van der Waals surface area contributed by atoms with E-state index in [0.29, 0.717) is 37.9 Å². The number of benzene rings is 1. The van der Waals surface area contributed by atoms with Gasteiger partial charge in [-0.1, -0.05) is 12.1 Å². The van der Waals surface area contributed by atoms with Gasteiger partial charge in [0.15, 0.2) is 5.82 Å². The number of amides is 1. The van der Waals surface area contributed by atoms with Crippen molar-refractivity contribution in [2.45, 2.75) is 6.42 Å². The highest BCUT2D eigenvalue weighted by Crippen LogP contribution is 2.14. The van der Waals surface area contributed by atoms with Crippen molar-refractivity contribution in [2.75, 3.05) is 50.1 Å². The Hall–Kier alpha value is -2.90. The van der Waals surface area contributed by atoms with Gasteiger partial charge in [-0.05, 0) is 24.1 Å². The van der Waals surface area contributed by atoms with Crippen molar-refractivity contribution < 1.29 is 9.53 Å². The summed E-state index contributed by atoms with van der Waals surface area (Å²) in [6.45, 7) is 3.53. The van der Waals surface area contributed by atoms with Gasteiger partial charge in [-0.25, -0.2) is 0 Å². The Labute approximate surface area is 146 Å². The highest BCUT2D eigenvalue weighted by atomic mass is 16.5. The second-order valence-corrected chi connectivity index (χ2v) is 5.80. The number of nitrogens with one attached hydrogen (secondary N) is 1. The van der Waals surface area contributed by atoms with E-state index in [1.54, 1.807) is 18.2 Å². The van der Waals surface area contributed by atoms with E-state index < -0.39 is 0 Å². The summed E-state index contributed by atoms with van der Waals surface area (Å²) in [5, 5.41) is 11.4. The minimum absolute atomic E-state index is 0.594. The lowest BCUT2D eigenvalue weighted by Crippen LogP contribution is -2.46. The molecule has 0 unspecified atom stereocenters. The number of nitrogens with zero attached hydrogens (tertiary/aromatic N) is 5. The molecule has 8 heteroatoms. The molecule has 1 aromatic carbocycles. The predicted octanol–water partition coefficient (Wildman–Crippen LogP) is 0.813. The Morgan fingerprint density at radius 1 is 1.28 bits per heavy atom. The molecule has 1 aromatic heterocycles. The molecule has 8 nitrogen and oxygen atoms in total. The van der Waals surface area contributed by atoms with Gasteiger partial charge < -0.3 is 19.9 Å². The van der Waals surface area contributed by atoms with Crippen LogP contribution in [0.15, 0.2) is 30.5 Å². The third-order valence-electron chi connectivity index (χ3n) is 4.15. The summed E-state index contributed by atoms with van der Waals surface area (Å²) < 4.78 is 5.24. The molecule has 0 aliphatic carbocycles. The monoisotopic (exact) mass is 342 g/mol. The molecule has 0 radical (unpaired) electrons. The van der Waals surface area contributed by atoms with E-state index in [9.17, 15) is 4.79 Å². The van der Waals surface area contributed by atoms with E-state index in [1.165, 1.54) is 5.56 Å². The van der Waals surface area contributed by atoms with Crippen LogP contribution < -0.4 is 15.0 Å². The van der Waals surface area contributed by atoms with Gasteiger partial charge in [0.2, 0.25) is 12.4 Å². The van der Waals surface area contributed by atoms with Gasteiger partial charge in [0.25, 0.3) is 0 Å². The highest BCUT2D eigenvalue weighted by molar-refractivity contribution is 5.48. The van der Waals surface area contributed by atoms with Crippen molar-refractivity contribution in [3.8, 4) is 5.75 Å². The SMILES string of the molecule is COc1cccc(CCNc2cnnc(N3CCN(C=O)CC3)n2)c1. The van der Waals surface area contributed by atoms with Crippen molar-refractivity contribution in [3.05, 3.63) is 36.0 Å². The minimum atomic E-state index is 0.594. The number of piperazine rings is 1. The number of anilines is 2. The second-order valence-electron chi connectivity index (χ2n) is 5.80. The van der Waals surface area contributed by atoms with Crippen LogP contribution in [0.3, 0.4) is 0 Å². The summed E-state index contributed by atoms with van der Waals surface area (Å²) in [6.07, 6.45) is 3.36. The number of rotatable bonds is 7. The molecule has 1 fully saturated rings. The third-order valence-corrected chi connectivity index (χ3v) is 4.15. The number of aromatic nitrogens is 3. The predicted molar refractivity (Wildman–Crippen MR) is 94.9 cm³/mol. The quantitative estimate of drug-likeness (QED) is 0.746. The maximum absolute atomic E-state index is 10.8. The maximum Gasteiger partial charge on any atom is 0.247 e. The minimum Gasteiger partial charge on any atom is -0.497 e. The summed E-state index contributed by atoms with van der Waals surface area (Å²) in [7, 11) is 1.67. The molecule has 0 atom stereocenters. The van der Waals surface area contributed by atoms with Gasteiger partial charge in [-0.3, -0.25) is 4.79 Å². The number of carbonyl (C=O) groups excluding carboxylic acids is 1. The zero-order chi connectivity index (χ0) is 17.5. The molecule has 0 saturated carbocycles. The fourth-order valence-electron chi connectivity index (χ4n) is 2.70. The average molecular weight is 342 g/mol. The third kappa shape index (κ3) is 4.56. The van der Waals surface area contributed by atoms with Gasteiger partial charge in [-0.15, -0.1) is 5.10 Å². The summed E-state index contributed by atoms with van der Waals surface area (Å²) >= 11 is 0. The molecule has 3 rings (SSSR count). The topological polar surface area (TPSA) is 83.5 Å². The first-order chi connectivity index (χ1) is 12.3. The largest absolute Gasteiger partial charge is 0.497 e. The summed E-state index contributed by atoms with van der Waals surface area (Å²) in [5.41, 5.74) is 1.19. The van der Waals surface area contributed by atoms with Crippen LogP contribution >= 0.6 is 0 Å². The number of methoxy groups -OCH3 is 1. The summed E-state index contributed by atoms with van der Waals surface area (Å²) in [4.78, 5) is 19.1.